The Morgan fingerprint density at radius 3 is 2.41 bits per heavy atom. The van der Waals surface area contributed by atoms with E-state index in [9.17, 15) is 18.3 Å². The first-order valence-electron chi connectivity index (χ1n) is 9.09. The van der Waals surface area contributed by atoms with Crippen molar-refractivity contribution in [3.8, 4) is 5.75 Å². The summed E-state index contributed by atoms with van der Waals surface area (Å²) < 4.78 is 27.3. The monoisotopic (exact) mass is 388 g/mol. The van der Waals surface area contributed by atoms with E-state index in [2.05, 4.69) is 5.32 Å². The van der Waals surface area contributed by atoms with Gasteiger partial charge in [0.2, 0.25) is 10.0 Å². The predicted molar refractivity (Wildman–Crippen MR) is 104 cm³/mol. The lowest BCUT2D eigenvalue weighted by molar-refractivity contribution is 0.102. The zero-order valence-corrected chi connectivity index (χ0v) is 16.1. The maximum Gasteiger partial charge on any atom is 0.255 e. The van der Waals surface area contributed by atoms with Crippen LogP contribution in [0.3, 0.4) is 0 Å². The van der Waals surface area contributed by atoms with Crippen LogP contribution < -0.4 is 5.32 Å². The number of phenols is 1. The number of hydrogen-bond donors (Lipinski definition) is 2. The molecule has 0 aliphatic carbocycles. The number of carbonyl (C=O) groups excluding carboxylic acids is 1. The molecule has 2 N–H and O–H groups in total. The second-order valence-electron chi connectivity index (χ2n) is 6.82. The van der Waals surface area contributed by atoms with Crippen molar-refractivity contribution in [3.63, 3.8) is 0 Å². The van der Waals surface area contributed by atoms with Crippen molar-refractivity contribution in [1.82, 2.24) is 4.31 Å². The zero-order chi connectivity index (χ0) is 19.4. The number of carbonyl (C=O) groups is 1. The van der Waals surface area contributed by atoms with Crippen LogP contribution in [0.1, 0.15) is 41.6 Å². The first-order chi connectivity index (χ1) is 12.9. The lowest BCUT2D eigenvalue weighted by atomic mass is 10.2. The molecule has 0 bridgehead atoms. The van der Waals surface area contributed by atoms with E-state index in [1.807, 2.05) is 6.92 Å². The second-order valence-corrected chi connectivity index (χ2v) is 8.76. The Hall–Kier alpha value is -2.38. The van der Waals surface area contributed by atoms with Gasteiger partial charge in [0.05, 0.1) is 10.6 Å². The Morgan fingerprint density at radius 1 is 1.04 bits per heavy atom. The molecule has 1 heterocycles. The second kappa shape index (κ2) is 8.10. The number of anilines is 1. The first-order valence-corrected chi connectivity index (χ1v) is 10.5. The van der Waals surface area contributed by atoms with Crippen molar-refractivity contribution in [2.24, 2.45) is 0 Å². The van der Waals surface area contributed by atoms with Crippen molar-refractivity contribution in [2.45, 2.75) is 37.5 Å². The molecule has 1 amide bonds. The van der Waals surface area contributed by atoms with Gasteiger partial charge in [-0.2, -0.15) is 4.31 Å². The molecule has 0 spiro atoms. The van der Waals surface area contributed by atoms with Crippen molar-refractivity contribution >= 4 is 21.6 Å². The van der Waals surface area contributed by atoms with Gasteiger partial charge in [0.15, 0.2) is 0 Å². The number of sulfonamides is 1. The standard InChI is InChI=1S/C20H24N2O4S/c1-15-9-10-18(19(23)13-15)21-20(24)16-7-6-8-17(14-16)27(25,26)22-11-4-2-3-5-12-22/h6-10,13-14,23H,2-5,11-12H2,1H3,(H,21,24). The number of rotatable bonds is 4. The first kappa shape index (κ1) is 19.4. The van der Waals surface area contributed by atoms with Gasteiger partial charge in [0, 0.05) is 18.7 Å². The number of aromatic hydroxyl groups is 1. The minimum absolute atomic E-state index is 0.0308. The molecule has 7 heteroatoms. The molecule has 2 aromatic carbocycles. The quantitative estimate of drug-likeness (QED) is 0.785. The highest BCUT2D eigenvalue weighted by Gasteiger charge is 2.25. The molecule has 3 rings (SSSR count). The highest BCUT2D eigenvalue weighted by Crippen LogP contribution is 2.25. The molecule has 27 heavy (non-hydrogen) atoms. The van der Waals surface area contributed by atoms with Gasteiger partial charge in [-0.05, 0) is 55.7 Å². The molecule has 0 atom stereocenters. The van der Waals surface area contributed by atoms with E-state index in [0.29, 0.717) is 13.1 Å². The van der Waals surface area contributed by atoms with Crippen molar-refractivity contribution < 1.29 is 18.3 Å². The van der Waals surface area contributed by atoms with Crippen LogP contribution in [-0.4, -0.2) is 36.8 Å². The molecule has 1 aliphatic rings. The zero-order valence-electron chi connectivity index (χ0n) is 15.3. The number of hydrogen-bond acceptors (Lipinski definition) is 4. The number of phenolic OH excluding ortho intramolecular Hbond substituents is 1. The summed E-state index contributed by atoms with van der Waals surface area (Å²) in [5.74, 6) is -0.501. The third-order valence-electron chi connectivity index (χ3n) is 4.70. The highest BCUT2D eigenvalue weighted by atomic mass is 32.2. The summed E-state index contributed by atoms with van der Waals surface area (Å²) in [5, 5.41) is 12.6. The fourth-order valence-corrected chi connectivity index (χ4v) is 4.73. The molecule has 1 saturated heterocycles. The molecule has 0 saturated carbocycles. The topological polar surface area (TPSA) is 86.7 Å². The molecular formula is C20H24N2O4S. The van der Waals surface area contributed by atoms with Crippen LogP contribution in [-0.2, 0) is 10.0 Å². The summed E-state index contributed by atoms with van der Waals surface area (Å²) in [4.78, 5) is 12.6. The summed E-state index contributed by atoms with van der Waals surface area (Å²) in [6.07, 6.45) is 3.78. The van der Waals surface area contributed by atoms with Crippen molar-refractivity contribution in [2.75, 3.05) is 18.4 Å². The van der Waals surface area contributed by atoms with Gasteiger partial charge in [-0.25, -0.2) is 8.42 Å². The van der Waals surface area contributed by atoms with E-state index in [1.54, 1.807) is 30.3 Å². The fourth-order valence-electron chi connectivity index (χ4n) is 3.17. The average molecular weight is 388 g/mol. The van der Waals surface area contributed by atoms with E-state index >= 15 is 0 Å². The summed E-state index contributed by atoms with van der Waals surface area (Å²) in [7, 11) is -3.62. The third kappa shape index (κ3) is 4.48. The van der Waals surface area contributed by atoms with Gasteiger partial charge >= 0.3 is 0 Å². The summed E-state index contributed by atoms with van der Waals surface area (Å²) in [5.41, 5.74) is 1.38. The lowest BCUT2D eigenvalue weighted by Gasteiger charge is -2.20. The normalized spacial score (nSPS) is 15.9. The Bertz CT molecular complexity index is 933. The van der Waals surface area contributed by atoms with Crippen molar-refractivity contribution in [1.29, 1.82) is 0 Å². The van der Waals surface area contributed by atoms with Crippen LogP contribution >= 0.6 is 0 Å². The van der Waals surface area contributed by atoms with E-state index < -0.39 is 15.9 Å². The van der Waals surface area contributed by atoms with E-state index in [-0.39, 0.29) is 21.9 Å². The number of nitrogens with zero attached hydrogens (tertiary/aromatic N) is 1. The van der Waals surface area contributed by atoms with Gasteiger partial charge in [0.1, 0.15) is 5.75 Å². The minimum atomic E-state index is -3.62. The Labute approximate surface area is 159 Å². The van der Waals surface area contributed by atoms with Crippen molar-refractivity contribution in [3.05, 3.63) is 53.6 Å². The van der Waals surface area contributed by atoms with Gasteiger partial charge in [-0.1, -0.05) is 25.0 Å². The lowest BCUT2D eigenvalue weighted by Crippen LogP contribution is -2.32. The Morgan fingerprint density at radius 2 is 1.74 bits per heavy atom. The molecule has 144 valence electrons. The summed E-state index contributed by atoms with van der Waals surface area (Å²) in [6, 6.07) is 11.0. The molecule has 0 unspecified atom stereocenters. The van der Waals surface area contributed by atoms with E-state index in [0.717, 1.165) is 31.2 Å². The van der Waals surface area contributed by atoms with Crippen LogP contribution in [0.25, 0.3) is 0 Å². The Kier molecular flexibility index (Phi) is 5.82. The smallest absolute Gasteiger partial charge is 0.255 e. The van der Waals surface area contributed by atoms with Crippen LogP contribution in [0.4, 0.5) is 5.69 Å². The molecule has 0 radical (unpaired) electrons. The molecule has 1 fully saturated rings. The average Bonchev–Trinajstić information content (AvgIpc) is 2.94. The molecule has 2 aromatic rings. The Balaban J connectivity index is 1.83. The SMILES string of the molecule is Cc1ccc(NC(=O)c2cccc(S(=O)(=O)N3CCCCCC3)c2)c(O)c1. The minimum Gasteiger partial charge on any atom is -0.506 e. The number of benzene rings is 2. The van der Waals surface area contributed by atoms with Crippen LogP contribution in [0, 0.1) is 6.92 Å². The van der Waals surface area contributed by atoms with Gasteiger partial charge in [-0.3, -0.25) is 4.79 Å². The molecule has 6 nitrogen and oxygen atoms in total. The van der Waals surface area contributed by atoms with Gasteiger partial charge < -0.3 is 10.4 Å². The number of amides is 1. The maximum absolute atomic E-state index is 12.9. The third-order valence-corrected chi connectivity index (χ3v) is 6.60. The van der Waals surface area contributed by atoms with E-state index in [4.69, 9.17) is 0 Å². The van der Waals surface area contributed by atoms with Gasteiger partial charge in [0.25, 0.3) is 5.91 Å². The molecule has 0 aromatic heterocycles. The largest absolute Gasteiger partial charge is 0.506 e. The highest BCUT2D eigenvalue weighted by molar-refractivity contribution is 7.89. The van der Waals surface area contributed by atoms with Crippen LogP contribution in [0.5, 0.6) is 5.75 Å². The van der Waals surface area contributed by atoms with Crippen LogP contribution in [0.2, 0.25) is 0 Å². The molecular weight excluding hydrogens is 364 g/mol. The maximum atomic E-state index is 12.9. The molecule has 1 aliphatic heterocycles. The summed E-state index contributed by atoms with van der Waals surface area (Å²) in [6.45, 7) is 2.86. The van der Waals surface area contributed by atoms with Crippen LogP contribution in [0.15, 0.2) is 47.4 Å². The summed E-state index contributed by atoms with van der Waals surface area (Å²) >= 11 is 0. The predicted octanol–water partition coefficient (Wildman–Crippen LogP) is 3.52. The fraction of sp³-hybridized carbons (Fsp3) is 0.350. The number of aryl methyl sites for hydroxylation is 1. The number of nitrogens with one attached hydrogen (secondary N) is 1. The van der Waals surface area contributed by atoms with Gasteiger partial charge in [-0.15, -0.1) is 0 Å². The van der Waals surface area contributed by atoms with E-state index in [1.165, 1.54) is 16.4 Å².